The van der Waals surface area contributed by atoms with Crippen LogP contribution < -0.4 is 9.46 Å². The molecular weight excluding hydrogens is 316 g/mol. The highest BCUT2D eigenvalue weighted by atomic mass is 32.2. The van der Waals surface area contributed by atoms with Crippen molar-refractivity contribution in [1.29, 1.82) is 0 Å². The third-order valence-corrected chi connectivity index (χ3v) is 5.62. The van der Waals surface area contributed by atoms with Crippen LogP contribution in [0.15, 0.2) is 27.6 Å². The van der Waals surface area contributed by atoms with Crippen molar-refractivity contribution in [1.82, 2.24) is 9.88 Å². The van der Waals surface area contributed by atoms with Gasteiger partial charge in [-0.15, -0.1) is 0 Å². The van der Waals surface area contributed by atoms with Gasteiger partial charge in [0.05, 0.1) is 6.61 Å². The fourth-order valence-electron chi connectivity index (χ4n) is 2.83. The number of aromatic nitrogens is 1. The van der Waals surface area contributed by atoms with E-state index in [2.05, 4.69) is 15.9 Å². The number of hydrogen-bond acceptors (Lipinski definition) is 5. The van der Waals surface area contributed by atoms with E-state index in [0.717, 1.165) is 30.8 Å². The van der Waals surface area contributed by atoms with Gasteiger partial charge in [0, 0.05) is 6.54 Å². The fraction of sp³-hybridized carbons (Fsp3) is 0.438. The van der Waals surface area contributed by atoms with Crippen molar-refractivity contribution in [2.24, 2.45) is 0 Å². The molecule has 2 aromatic rings. The molecule has 0 spiro atoms. The van der Waals surface area contributed by atoms with Crippen molar-refractivity contribution < 1.29 is 17.7 Å². The van der Waals surface area contributed by atoms with Crippen molar-refractivity contribution in [3.8, 4) is 5.75 Å². The van der Waals surface area contributed by atoms with E-state index in [9.17, 15) is 8.42 Å². The molecule has 0 atom stereocenters. The minimum atomic E-state index is -3.60. The van der Waals surface area contributed by atoms with Crippen LogP contribution in [0.4, 0.5) is 0 Å². The number of rotatable bonds is 5. The van der Waals surface area contributed by atoms with Crippen LogP contribution in [-0.2, 0) is 22.9 Å². The first-order valence-electron chi connectivity index (χ1n) is 7.64. The molecule has 1 aliphatic heterocycles. The van der Waals surface area contributed by atoms with Crippen LogP contribution in [0, 0.1) is 13.8 Å². The van der Waals surface area contributed by atoms with E-state index in [1.54, 1.807) is 13.8 Å². The number of nitrogens with one attached hydrogen (secondary N) is 1. The zero-order valence-corrected chi connectivity index (χ0v) is 14.1. The lowest BCUT2D eigenvalue weighted by atomic mass is 10.0. The number of sulfonamides is 1. The van der Waals surface area contributed by atoms with Gasteiger partial charge in [-0.3, -0.25) is 0 Å². The third kappa shape index (κ3) is 3.40. The Bertz CT molecular complexity index is 792. The second-order valence-electron chi connectivity index (χ2n) is 5.70. The SMILES string of the molecule is Cc1noc(C)c1S(=O)(=O)NCCc1ccc2c(c1)CCCO2. The zero-order chi connectivity index (χ0) is 16.4. The molecule has 0 aliphatic carbocycles. The first kappa shape index (κ1) is 16.0. The largest absolute Gasteiger partial charge is 0.493 e. The van der Waals surface area contributed by atoms with E-state index in [0.29, 0.717) is 24.4 Å². The van der Waals surface area contributed by atoms with Crippen molar-refractivity contribution in [2.75, 3.05) is 13.2 Å². The van der Waals surface area contributed by atoms with Crippen LogP contribution in [0.3, 0.4) is 0 Å². The maximum Gasteiger partial charge on any atom is 0.245 e. The van der Waals surface area contributed by atoms with Crippen molar-refractivity contribution in [2.45, 2.75) is 38.0 Å². The predicted molar refractivity (Wildman–Crippen MR) is 85.1 cm³/mol. The predicted octanol–water partition coefficient (Wildman–Crippen LogP) is 2.14. The highest BCUT2D eigenvalue weighted by Gasteiger charge is 2.23. The maximum absolute atomic E-state index is 12.3. The molecule has 2 heterocycles. The van der Waals surface area contributed by atoms with Crippen molar-refractivity contribution in [3.63, 3.8) is 0 Å². The standard InChI is InChI=1S/C16H20N2O4S/c1-11-16(12(2)22-18-11)23(19,20)17-8-7-13-5-6-15-14(10-13)4-3-9-21-15/h5-6,10,17H,3-4,7-9H2,1-2H3. The summed E-state index contributed by atoms with van der Waals surface area (Å²) >= 11 is 0. The maximum atomic E-state index is 12.3. The van der Waals surface area contributed by atoms with Gasteiger partial charge >= 0.3 is 0 Å². The normalized spacial score (nSPS) is 14.3. The molecule has 0 fully saturated rings. The lowest BCUT2D eigenvalue weighted by Gasteiger charge is -2.17. The van der Waals surface area contributed by atoms with Gasteiger partial charge in [0.25, 0.3) is 0 Å². The molecule has 0 bridgehead atoms. The Morgan fingerprint density at radius 3 is 2.87 bits per heavy atom. The Hall–Kier alpha value is -1.86. The van der Waals surface area contributed by atoms with Crippen LogP contribution in [0.1, 0.15) is 29.0 Å². The lowest BCUT2D eigenvalue weighted by Crippen LogP contribution is -2.26. The Kier molecular flexibility index (Phi) is 4.41. The highest BCUT2D eigenvalue weighted by molar-refractivity contribution is 7.89. The molecule has 0 radical (unpaired) electrons. The van der Waals surface area contributed by atoms with Gasteiger partial charge < -0.3 is 9.26 Å². The first-order chi connectivity index (χ1) is 11.0. The van der Waals surface area contributed by atoms with Gasteiger partial charge in [-0.1, -0.05) is 17.3 Å². The smallest absolute Gasteiger partial charge is 0.245 e. The summed E-state index contributed by atoms with van der Waals surface area (Å²) in [6, 6.07) is 6.04. The van der Waals surface area contributed by atoms with Crippen LogP contribution in [-0.4, -0.2) is 26.7 Å². The Morgan fingerprint density at radius 2 is 2.13 bits per heavy atom. The second-order valence-corrected chi connectivity index (χ2v) is 7.40. The summed E-state index contributed by atoms with van der Waals surface area (Å²) in [7, 11) is -3.60. The summed E-state index contributed by atoms with van der Waals surface area (Å²) in [5.74, 6) is 1.25. The molecule has 23 heavy (non-hydrogen) atoms. The molecule has 0 saturated heterocycles. The molecule has 6 nitrogen and oxygen atoms in total. The molecule has 3 rings (SSSR count). The molecule has 0 amide bonds. The first-order valence-corrected chi connectivity index (χ1v) is 9.13. The average molecular weight is 336 g/mol. The quantitative estimate of drug-likeness (QED) is 0.904. The molecule has 1 aromatic heterocycles. The Balaban J connectivity index is 1.65. The van der Waals surface area contributed by atoms with Crippen molar-refractivity contribution >= 4 is 10.0 Å². The summed E-state index contributed by atoms with van der Waals surface area (Å²) < 4.78 is 37.8. The molecule has 124 valence electrons. The van der Waals surface area contributed by atoms with Crippen LogP contribution in [0.5, 0.6) is 5.75 Å². The van der Waals surface area contributed by atoms with Crippen LogP contribution >= 0.6 is 0 Å². The number of aryl methyl sites for hydroxylation is 3. The van der Waals surface area contributed by atoms with Gasteiger partial charge in [0.2, 0.25) is 10.0 Å². The molecule has 1 N–H and O–H groups in total. The Morgan fingerprint density at radius 1 is 1.30 bits per heavy atom. The van der Waals surface area contributed by atoms with Crippen LogP contribution in [0.2, 0.25) is 0 Å². The van der Waals surface area contributed by atoms with E-state index in [-0.39, 0.29) is 4.90 Å². The van der Waals surface area contributed by atoms with E-state index in [1.165, 1.54) is 5.56 Å². The number of hydrogen-bond donors (Lipinski definition) is 1. The number of benzene rings is 1. The van der Waals surface area contributed by atoms with E-state index >= 15 is 0 Å². The molecule has 1 aromatic carbocycles. The average Bonchev–Trinajstić information content (AvgIpc) is 2.86. The van der Waals surface area contributed by atoms with Gasteiger partial charge in [-0.05, 0) is 50.3 Å². The molecular formula is C16H20N2O4S. The van der Waals surface area contributed by atoms with Gasteiger partial charge in [0.15, 0.2) is 5.76 Å². The fourth-order valence-corrected chi connectivity index (χ4v) is 4.19. The summed E-state index contributed by atoms with van der Waals surface area (Å²) in [5.41, 5.74) is 2.67. The van der Waals surface area contributed by atoms with Gasteiger partial charge in [0.1, 0.15) is 16.3 Å². The van der Waals surface area contributed by atoms with Crippen LogP contribution in [0.25, 0.3) is 0 Å². The topological polar surface area (TPSA) is 81.4 Å². The van der Waals surface area contributed by atoms with Crippen molar-refractivity contribution in [3.05, 3.63) is 40.8 Å². The van der Waals surface area contributed by atoms with Gasteiger partial charge in [-0.25, -0.2) is 13.1 Å². The number of fused-ring (bicyclic) bond motifs is 1. The third-order valence-electron chi connectivity index (χ3n) is 3.92. The molecule has 0 saturated carbocycles. The molecule has 7 heteroatoms. The summed E-state index contributed by atoms with van der Waals surface area (Å²) in [5, 5.41) is 3.69. The van der Waals surface area contributed by atoms with Gasteiger partial charge in [-0.2, -0.15) is 0 Å². The highest BCUT2D eigenvalue weighted by Crippen LogP contribution is 2.25. The molecule has 0 unspecified atom stereocenters. The van der Waals surface area contributed by atoms with E-state index in [4.69, 9.17) is 9.26 Å². The summed E-state index contributed by atoms with van der Waals surface area (Å²) in [6.45, 7) is 4.31. The second kappa shape index (κ2) is 6.33. The Labute approximate surface area is 135 Å². The minimum absolute atomic E-state index is 0.136. The van der Waals surface area contributed by atoms with E-state index in [1.807, 2.05) is 12.1 Å². The minimum Gasteiger partial charge on any atom is -0.493 e. The summed E-state index contributed by atoms with van der Waals surface area (Å²) in [4.78, 5) is 0.136. The number of nitrogens with zero attached hydrogens (tertiary/aromatic N) is 1. The monoisotopic (exact) mass is 336 g/mol. The molecule has 1 aliphatic rings. The number of ether oxygens (including phenoxy) is 1. The lowest BCUT2D eigenvalue weighted by molar-refractivity contribution is 0.288. The summed E-state index contributed by atoms with van der Waals surface area (Å²) in [6.07, 6.45) is 2.65. The zero-order valence-electron chi connectivity index (χ0n) is 13.3. The van der Waals surface area contributed by atoms with E-state index < -0.39 is 10.0 Å².